The van der Waals surface area contributed by atoms with E-state index in [1.807, 2.05) is 12.1 Å². The van der Waals surface area contributed by atoms with Crippen molar-refractivity contribution in [2.45, 2.75) is 58.3 Å². The third-order valence-electron chi connectivity index (χ3n) is 3.60. The minimum absolute atomic E-state index is 0.259. The van der Waals surface area contributed by atoms with Crippen molar-refractivity contribution in [3.8, 4) is 5.75 Å². The molecule has 1 aromatic rings. The Hall–Kier alpha value is -1.22. The highest BCUT2D eigenvalue weighted by Crippen LogP contribution is 2.22. The Morgan fingerprint density at radius 3 is 2.95 bits per heavy atom. The van der Waals surface area contributed by atoms with Crippen molar-refractivity contribution >= 4 is 5.69 Å². The molecule has 0 amide bonds. The topological polar surface area (TPSA) is 30.5 Å². The second kappa shape index (κ2) is 6.80. The minimum atomic E-state index is 0.259. The van der Waals surface area contributed by atoms with Crippen molar-refractivity contribution in [1.29, 1.82) is 0 Å². The zero-order valence-electron chi connectivity index (χ0n) is 12.2. The van der Waals surface area contributed by atoms with Gasteiger partial charge in [0.05, 0.1) is 18.3 Å². The summed E-state index contributed by atoms with van der Waals surface area (Å²) >= 11 is 0. The molecule has 1 aliphatic heterocycles. The van der Waals surface area contributed by atoms with Crippen molar-refractivity contribution in [3.63, 3.8) is 0 Å². The maximum absolute atomic E-state index is 5.82. The molecule has 3 unspecified atom stereocenters. The Balaban J connectivity index is 1.84. The molecular weight excluding hydrogens is 238 g/mol. The summed E-state index contributed by atoms with van der Waals surface area (Å²) in [4.78, 5) is 0. The zero-order chi connectivity index (χ0) is 13.7. The fourth-order valence-corrected chi connectivity index (χ4v) is 2.26. The third kappa shape index (κ3) is 4.43. The summed E-state index contributed by atoms with van der Waals surface area (Å²) in [6, 6.07) is 8.16. The molecule has 3 heteroatoms. The lowest BCUT2D eigenvalue weighted by Crippen LogP contribution is -2.19. The molecule has 19 heavy (non-hydrogen) atoms. The monoisotopic (exact) mass is 263 g/mol. The van der Waals surface area contributed by atoms with E-state index >= 15 is 0 Å². The van der Waals surface area contributed by atoms with Crippen LogP contribution in [0.2, 0.25) is 0 Å². The number of hydrogen-bond donors (Lipinski definition) is 1. The first-order chi connectivity index (χ1) is 9.17. The lowest BCUT2D eigenvalue weighted by molar-refractivity contribution is 0.0637. The van der Waals surface area contributed by atoms with Crippen LogP contribution >= 0.6 is 0 Å². The molecule has 0 spiro atoms. The van der Waals surface area contributed by atoms with E-state index in [1.54, 1.807) is 0 Å². The van der Waals surface area contributed by atoms with E-state index in [9.17, 15) is 0 Å². The van der Waals surface area contributed by atoms with E-state index in [1.165, 1.54) is 6.42 Å². The van der Waals surface area contributed by atoms with Crippen molar-refractivity contribution in [2.75, 3.05) is 11.9 Å². The first-order valence-corrected chi connectivity index (χ1v) is 7.33. The van der Waals surface area contributed by atoms with Crippen molar-refractivity contribution in [2.24, 2.45) is 0 Å². The van der Waals surface area contributed by atoms with Gasteiger partial charge in [0.1, 0.15) is 5.75 Å². The van der Waals surface area contributed by atoms with Gasteiger partial charge in [-0.2, -0.15) is 0 Å². The molecule has 1 saturated heterocycles. The molecule has 0 bridgehead atoms. The Kier molecular flexibility index (Phi) is 5.08. The zero-order valence-corrected chi connectivity index (χ0v) is 12.2. The summed E-state index contributed by atoms with van der Waals surface area (Å²) in [7, 11) is 0. The first kappa shape index (κ1) is 14.2. The first-order valence-electron chi connectivity index (χ1n) is 7.33. The maximum Gasteiger partial charge on any atom is 0.121 e. The van der Waals surface area contributed by atoms with Gasteiger partial charge in [0, 0.05) is 18.3 Å². The average molecular weight is 263 g/mol. The third-order valence-corrected chi connectivity index (χ3v) is 3.60. The van der Waals surface area contributed by atoms with Crippen LogP contribution in [0.3, 0.4) is 0 Å². The molecule has 0 radical (unpaired) electrons. The number of anilines is 1. The van der Waals surface area contributed by atoms with Gasteiger partial charge in [0.15, 0.2) is 0 Å². The minimum Gasteiger partial charge on any atom is -0.491 e. The number of rotatable bonds is 6. The second-order valence-corrected chi connectivity index (χ2v) is 5.39. The van der Waals surface area contributed by atoms with Gasteiger partial charge in [-0.25, -0.2) is 0 Å². The van der Waals surface area contributed by atoms with E-state index < -0.39 is 0 Å². The van der Waals surface area contributed by atoms with Crippen LogP contribution in [0, 0.1) is 0 Å². The normalized spacial score (nSPS) is 24.2. The van der Waals surface area contributed by atoms with Gasteiger partial charge in [-0.3, -0.25) is 0 Å². The van der Waals surface area contributed by atoms with Gasteiger partial charge >= 0.3 is 0 Å². The standard InChI is InChI=1S/C16H25NO2/c1-4-12(2)18-15-7-5-6-14(10-15)17-11-16-9-8-13(3)19-16/h5-7,10,12-13,16-17H,4,8-9,11H2,1-3H3. The van der Waals surface area contributed by atoms with Gasteiger partial charge in [-0.05, 0) is 45.2 Å². The smallest absolute Gasteiger partial charge is 0.121 e. The van der Waals surface area contributed by atoms with Gasteiger partial charge < -0.3 is 14.8 Å². The highest BCUT2D eigenvalue weighted by Gasteiger charge is 2.21. The molecule has 1 heterocycles. The maximum atomic E-state index is 5.82. The van der Waals surface area contributed by atoms with Crippen LogP contribution in [0.4, 0.5) is 5.69 Å². The Labute approximate surface area is 116 Å². The molecule has 3 nitrogen and oxygen atoms in total. The van der Waals surface area contributed by atoms with Crippen LogP contribution in [0.1, 0.15) is 40.0 Å². The molecule has 1 aromatic carbocycles. The van der Waals surface area contributed by atoms with E-state index in [4.69, 9.17) is 9.47 Å². The van der Waals surface area contributed by atoms with Gasteiger partial charge in [-0.1, -0.05) is 13.0 Å². The Morgan fingerprint density at radius 1 is 1.42 bits per heavy atom. The molecular formula is C16H25NO2. The summed E-state index contributed by atoms with van der Waals surface area (Å²) in [6.45, 7) is 7.23. The van der Waals surface area contributed by atoms with Crippen molar-refractivity contribution in [3.05, 3.63) is 24.3 Å². The molecule has 1 N–H and O–H groups in total. The quantitative estimate of drug-likeness (QED) is 0.845. The fourth-order valence-electron chi connectivity index (χ4n) is 2.26. The predicted molar refractivity (Wildman–Crippen MR) is 78.9 cm³/mol. The van der Waals surface area contributed by atoms with Crippen LogP contribution in [-0.2, 0) is 4.74 Å². The summed E-state index contributed by atoms with van der Waals surface area (Å²) in [5.74, 6) is 0.931. The van der Waals surface area contributed by atoms with Crippen molar-refractivity contribution in [1.82, 2.24) is 0 Å². The summed E-state index contributed by atoms with van der Waals surface area (Å²) in [5, 5.41) is 3.43. The van der Waals surface area contributed by atoms with E-state index in [0.717, 1.165) is 30.8 Å². The van der Waals surface area contributed by atoms with Gasteiger partial charge in [0.25, 0.3) is 0 Å². The number of ether oxygens (including phenoxy) is 2. The van der Waals surface area contributed by atoms with Crippen LogP contribution in [0.15, 0.2) is 24.3 Å². The van der Waals surface area contributed by atoms with E-state index in [2.05, 4.69) is 38.2 Å². The molecule has 0 aromatic heterocycles. The molecule has 1 fully saturated rings. The molecule has 1 aliphatic rings. The average Bonchev–Trinajstić information content (AvgIpc) is 2.82. The molecule has 2 rings (SSSR count). The second-order valence-electron chi connectivity index (χ2n) is 5.39. The lowest BCUT2D eigenvalue weighted by Gasteiger charge is -2.16. The molecule has 0 aliphatic carbocycles. The SMILES string of the molecule is CCC(C)Oc1cccc(NCC2CCC(C)O2)c1. The van der Waals surface area contributed by atoms with E-state index in [-0.39, 0.29) is 6.10 Å². The van der Waals surface area contributed by atoms with Crippen LogP contribution in [0.25, 0.3) is 0 Å². The number of nitrogens with one attached hydrogen (secondary N) is 1. The van der Waals surface area contributed by atoms with E-state index in [0.29, 0.717) is 12.2 Å². The van der Waals surface area contributed by atoms with Crippen LogP contribution in [0.5, 0.6) is 5.75 Å². The molecule has 106 valence electrons. The van der Waals surface area contributed by atoms with Crippen molar-refractivity contribution < 1.29 is 9.47 Å². The Morgan fingerprint density at radius 2 is 2.26 bits per heavy atom. The fraction of sp³-hybridized carbons (Fsp3) is 0.625. The van der Waals surface area contributed by atoms with Crippen LogP contribution in [-0.4, -0.2) is 24.9 Å². The highest BCUT2D eigenvalue weighted by molar-refractivity contribution is 5.48. The number of benzene rings is 1. The summed E-state index contributed by atoms with van der Waals surface area (Å²) in [5.41, 5.74) is 1.10. The molecule has 0 saturated carbocycles. The van der Waals surface area contributed by atoms with Gasteiger partial charge in [0.2, 0.25) is 0 Å². The lowest BCUT2D eigenvalue weighted by atomic mass is 10.2. The van der Waals surface area contributed by atoms with Gasteiger partial charge in [-0.15, -0.1) is 0 Å². The Bertz CT molecular complexity index is 394. The summed E-state index contributed by atoms with van der Waals surface area (Å²) < 4.78 is 11.6. The van der Waals surface area contributed by atoms with Crippen LogP contribution < -0.4 is 10.1 Å². The number of hydrogen-bond acceptors (Lipinski definition) is 3. The highest BCUT2D eigenvalue weighted by atomic mass is 16.5. The largest absolute Gasteiger partial charge is 0.491 e. The predicted octanol–water partition coefficient (Wildman–Crippen LogP) is 3.84. The summed E-state index contributed by atoms with van der Waals surface area (Å²) in [6.07, 6.45) is 4.35. The molecule has 3 atom stereocenters.